The molecule has 1 atom stereocenters. The lowest BCUT2D eigenvalue weighted by Crippen LogP contribution is -2.96. The van der Waals surface area contributed by atoms with Crippen molar-refractivity contribution >= 4 is 0 Å². The van der Waals surface area contributed by atoms with E-state index in [1.807, 2.05) is 12.1 Å². The molecule has 0 fully saturated rings. The number of hydrogen-bond acceptors (Lipinski definition) is 3. The van der Waals surface area contributed by atoms with Gasteiger partial charge in [0.2, 0.25) is 0 Å². The number of quaternary nitrogens is 1. The van der Waals surface area contributed by atoms with Crippen molar-refractivity contribution in [3.05, 3.63) is 29.8 Å². The highest BCUT2D eigenvalue weighted by atomic mass is 16.5. The number of nitrogens with two attached hydrogens (primary N) is 1. The molecule has 0 radical (unpaired) electrons. The Kier molecular flexibility index (Phi) is 7.72. The van der Waals surface area contributed by atoms with E-state index >= 15 is 0 Å². The fourth-order valence-electron chi connectivity index (χ4n) is 1.82. The Morgan fingerprint density at radius 2 is 1.81 bits per heavy atom. The maximum atomic E-state index is 9.79. The van der Waals surface area contributed by atoms with E-state index in [0.717, 1.165) is 12.2 Å². The number of hydrogen-bond donors (Lipinski definition) is 2. The smallest absolute Gasteiger partial charge is 0.126 e. The molecule has 4 nitrogen and oxygen atoms in total. The van der Waals surface area contributed by atoms with Crippen LogP contribution in [0.5, 0.6) is 5.75 Å². The maximum absolute atomic E-state index is 9.79. The summed E-state index contributed by atoms with van der Waals surface area (Å²) in [6.45, 7) is 10.5. The van der Waals surface area contributed by atoms with Gasteiger partial charge in [0.05, 0.1) is 18.8 Å². The van der Waals surface area contributed by atoms with E-state index in [4.69, 9.17) is 9.47 Å². The number of rotatable bonds is 9. The standard InChI is InChI=1S/C17H29NO3/c1-5-14-6-8-16(9-7-14)21-11-10-20-13-15(19)12-18-17(2,3)4/h6-9,15,18-19H,5,10-13H2,1-4H3/p+1/t15-/m1/s1. The molecule has 0 unspecified atom stereocenters. The third-order valence-electron chi connectivity index (χ3n) is 3.14. The van der Waals surface area contributed by atoms with Crippen molar-refractivity contribution in [3.8, 4) is 5.75 Å². The van der Waals surface area contributed by atoms with Gasteiger partial charge in [-0.25, -0.2) is 0 Å². The van der Waals surface area contributed by atoms with Crippen molar-refractivity contribution in [3.63, 3.8) is 0 Å². The third-order valence-corrected chi connectivity index (χ3v) is 3.14. The van der Waals surface area contributed by atoms with E-state index in [0.29, 0.717) is 26.4 Å². The average molecular weight is 296 g/mol. The lowest BCUT2D eigenvalue weighted by molar-refractivity contribution is -0.722. The van der Waals surface area contributed by atoms with Crippen molar-refractivity contribution in [1.29, 1.82) is 0 Å². The largest absolute Gasteiger partial charge is 0.491 e. The van der Waals surface area contributed by atoms with Crippen molar-refractivity contribution in [2.24, 2.45) is 0 Å². The second-order valence-electron chi connectivity index (χ2n) is 6.38. The summed E-state index contributed by atoms with van der Waals surface area (Å²) >= 11 is 0. The molecule has 0 amide bonds. The minimum absolute atomic E-state index is 0.134. The zero-order chi connectivity index (χ0) is 15.7. The zero-order valence-corrected chi connectivity index (χ0v) is 13.8. The molecule has 120 valence electrons. The van der Waals surface area contributed by atoms with Crippen LogP contribution in [0.1, 0.15) is 33.3 Å². The van der Waals surface area contributed by atoms with Gasteiger partial charge in [0.25, 0.3) is 0 Å². The molecule has 0 aliphatic rings. The Morgan fingerprint density at radius 3 is 2.38 bits per heavy atom. The second kappa shape index (κ2) is 9.03. The number of aliphatic hydroxyl groups is 1. The summed E-state index contributed by atoms with van der Waals surface area (Å²) in [4.78, 5) is 0. The first-order chi connectivity index (χ1) is 9.90. The first-order valence-corrected chi connectivity index (χ1v) is 7.72. The SMILES string of the molecule is CCc1ccc(OCCOC[C@H](O)C[NH2+]C(C)(C)C)cc1. The molecule has 0 saturated carbocycles. The predicted molar refractivity (Wildman–Crippen MR) is 84.7 cm³/mol. The van der Waals surface area contributed by atoms with Crippen LogP contribution in [0.2, 0.25) is 0 Å². The van der Waals surface area contributed by atoms with Gasteiger partial charge in [-0.1, -0.05) is 19.1 Å². The summed E-state index contributed by atoms with van der Waals surface area (Å²) < 4.78 is 11.0. The van der Waals surface area contributed by atoms with E-state index in [1.54, 1.807) is 0 Å². The van der Waals surface area contributed by atoms with Gasteiger partial charge < -0.3 is 19.9 Å². The average Bonchev–Trinajstić information content (AvgIpc) is 2.44. The highest BCUT2D eigenvalue weighted by Gasteiger charge is 2.15. The number of aliphatic hydroxyl groups excluding tert-OH is 1. The molecule has 0 bridgehead atoms. The Balaban J connectivity index is 2.08. The van der Waals surface area contributed by atoms with E-state index in [-0.39, 0.29) is 5.54 Å². The molecule has 21 heavy (non-hydrogen) atoms. The quantitative estimate of drug-likeness (QED) is 0.677. The lowest BCUT2D eigenvalue weighted by atomic mass is 10.1. The minimum Gasteiger partial charge on any atom is -0.491 e. The Morgan fingerprint density at radius 1 is 1.14 bits per heavy atom. The van der Waals surface area contributed by atoms with Crippen molar-refractivity contribution in [1.82, 2.24) is 0 Å². The zero-order valence-electron chi connectivity index (χ0n) is 13.8. The summed E-state index contributed by atoms with van der Waals surface area (Å²) in [6, 6.07) is 8.10. The van der Waals surface area contributed by atoms with Gasteiger partial charge in [-0.05, 0) is 44.9 Å². The molecule has 0 aromatic heterocycles. The molecule has 0 aliphatic carbocycles. The van der Waals surface area contributed by atoms with E-state index in [1.165, 1.54) is 5.56 Å². The molecule has 4 heteroatoms. The summed E-state index contributed by atoms with van der Waals surface area (Å²) in [5, 5.41) is 11.9. The molecule has 0 heterocycles. The lowest BCUT2D eigenvalue weighted by Gasteiger charge is -2.19. The van der Waals surface area contributed by atoms with E-state index in [2.05, 4.69) is 45.1 Å². The first kappa shape index (κ1) is 18.0. The van der Waals surface area contributed by atoms with Crippen LogP contribution in [-0.2, 0) is 11.2 Å². The molecule has 0 spiro atoms. The molecule has 0 saturated heterocycles. The van der Waals surface area contributed by atoms with E-state index in [9.17, 15) is 5.11 Å². The van der Waals surface area contributed by atoms with Gasteiger partial charge in [-0.2, -0.15) is 0 Å². The minimum atomic E-state index is -0.437. The third kappa shape index (κ3) is 8.71. The van der Waals surface area contributed by atoms with E-state index < -0.39 is 6.10 Å². The van der Waals surface area contributed by atoms with Gasteiger partial charge in [-0.15, -0.1) is 0 Å². The van der Waals surface area contributed by atoms with Crippen molar-refractivity contribution in [2.45, 2.75) is 45.8 Å². The molecule has 3 N–H and O–H groups in total. The van der Waals surface area contributed by atoms with Crippen LogP contribution in [0.4, 0.5) is 0 Å². The van der Waals surface area contributed by atoms with Crippen LogP contribution < -0.4 is 10.1 Å². The number of ether oxygens (including phenoxy) is 2. The highest BCUT2D eigenvalue weighted by Crippen LogP contribution is 2.12. The van der Waals surface area contributed by atoms with Crippen LogP contribution in [0, 0.1) is 0 Å². The van der Waals surface area contributed by atoms with Crippen molar-refractivity contribution in [2.75, 3.05) is 26.4 Å². The van der Waals surface area contributed by atoms with Crippen molar-refractivity contribution < 1.29 is 19.9 Å². The van der Waals surface area contributed by atoms with Crippen LogP contribution in [0.15, 0.2) is 24.3 Å². The van der Waals surface area contributed by atoms with Gasteiger partial charge in [-0.3, -0.25) is 0 Å². The topological polar surface area (TPSA) is 55.3 Å². The summed E-state index contributed by atoms with van der Waals surface area (Å²) in [5.41, 5.74) is 1.44. The molecule has 1 rings (SSSR count). The summed E-state index contributed by atoms with van der Waals surface area (Å²) in [6.07, 6.45) is 0.598. The Labute approximate surface area is 128 Å². The molecular formula is C17H30NO3+. The van der Waals surface area contributed by atoms with Crippen LogP contribution >= 0.6 is 0 Å². The normalized spacial score (nSPS) is 13.2. The fourth-order valence-corrected chi connectivity index (χ4v) is 1.82. The Bertz CT molecular complexity index is 384. The van der Waals surface area contributed by atoms with Gasteiger partial charge in [0, 0.05) is 0 Å². The number of aryl methyl sites for hydroxylation is 1. The van der Waals surface area contributed by atoms with Crippen LogP contribution in [0.3, 0.4) is 0 Å². The highest BCUT2D eigenvalue weighted by molar-refractivity contribution is 5.27. The van der Waals surface area contributed by atoms with Gasteiger partial charge in [0.15, 0.2) is 0 Å². The molecule has 1 aromatic carbocycles. The predicted octanol–water partition coefficient (Wildman–Crippen LogP) is 1.37. The van der Waals surface area contributed by atoms with Gasteiger partial charge >= 0.3 is 0 Å². The number of benzene rings is 1. The first-order valence-electron chi connectivity index (χ1n) is 7.72. The molecule has 1 aromatic rings. The van der Waals surface area contributed by atoms with Gasteiger partial charge in [0.1, 0.15) is 25.0 Å². The summed E-state index contributed by atoms with van der Waals surface area (Å²) in [5.74, 6) is 0.859. The fraction of sp³-hybridized carbons (Fsp3) is 0.647. The second-order valence-corrected chi connectivity index (χ2v) is 6.38. The Hall–Kier alpha value is -1.10. The molecule has 0 aliphatic heterocycles. The monoisotopic (exact) mass is 296 g/mol. The maximum Gasteiger partial charge on any atom is 0.126 e. The summed E-state index contributed by atoms with van der Waals surface area (Å²) in [7, 11) is 0. The van der Waals surface area contributed by atoms with Crippen LogP contribution in [0.25, 0.3) is 0 Å². The van der Waals surface area contributed by atoms with Crippen LogP contribution in [-0.4, -0.2) is 43.1 Å². The molecular weight excluding hydrogens is 266 g/mol.